The Morgan fingerprint density at radius 3 is 2.96 bits per heavy atom. The molecule has 1 N–H and O–H groups in total. The predicted molar refractivity (Wildman–Crippen MR) is 108 cm³/mol. The number of hydrogen-bond acceptors (Lipinski definition) is 6. The lowest BCUT2D eigenvalue weighted by Crippen LogP contribution is -2.28. The van der Waals surface area contributed by atoms with Gasteiger partial charge >= 0.3 is 0 Å². The molecule has 0 radical (unpaired) electrons. The summed E-state index contributed by atoms with van der Waals surface area (Å²) in [4.78, 5) is 18.7. The quantitative estimate of drug-likeness (QED) is 0.661. The molecule has 1 aliphatic heterocycles. The summed E-state index contributed by atoms with van der Waals surface area (Å²) in [6, 6.07) is 6.06. The van der Waals surface area contributed by atoms with Crippen LogP contribution >= 0.6 is 11.3 Å². The Bertz CT molecular complexity index is 893. The number of thiophene rings is 1. The lowest BCUT2D eigenvalue weighted by atomic mass is 10.1. The lowest BCUT2D eigenvalue weighted by molar-refractivity contribution is -0.121. The van der Waals surface area contributed by atoms with Crippen molar-refractivity contribution in [1.29, 1.82) is 0 Å². The van der Waals surface area contributed by atoms with Gasteiger partial charge in [-0.15, -0.1) is 10.2 Å². The summed E-state index contributed by atoms with van der Waals surface area (Å²) >= 11 is 1.74. The van der Waals surface area contributed by atoms with Crippen LogP contribution in [0.15, 0.2) is 41.4 Å². The molecule has 0 unspecified atom stereocenters. The number of rotatable bonds is 7. The number of aromatic nitrogens is 4. The van der Waals surface area contributed by atoms with Crippen molar-refractivity contribution in [1.82, 2.24) is 30.0 Å². The summed E-state index contributed by atoms with van der Waals surface area (Å²) in [5, 5.41) is 16.0. The molecule has 0 saturated carbocycles. The van der Waals surface area contributed by atoms with E-state index in [1.165, 1.54) is 5.56 Å². The van der Waals surface area contributed by atoms with Gasteiger partial charge in [0, 0.05) is 51.4 Å². The third-order valence-corrected chi connectivity index (χ3v) is 5.72. The number of nitrogens with zero attached hydrogens (tertiary/aromatic N) is 5. The Balaban J connectivity index is 1.28. The first kappa shape index (κ1) is 18.8. The number of amides is 1. The van der Waals surface area contributed by atoms with Gasteiger partial charge < -0.3 is 9.88 Å². The SMILES string of the molecule is O=C(CCc1cccnc1)NCc1nnc2n1CCN(Cc1ccsc1)CC2. The molecule has 0 atom stereocenters. The van der Waals surface area contributed by atoms with E-state index in [-0.39, 0.29) is 5.91 Å². The van der Waals surface area contributed by atoms with Gasteiger partial charge in [0.15, 0.2) is 5.82 Å². The van der Waals surface area contributed by atoms with E-state index in [0.717, 1.165) is 49.8 Å². The first-order valence-electron chi connectivity index (χ1n) is 9.58. The Hall–Kier alpha value is -2.58. The maximum atomic E-state index is 12.2. The topological polar surface area (TPSA) is 75.9 Å². The standard InChI is InChI=1S/C20H24N6OS/c27-20(4-3-16-2-1-7-21-12-16)22-13-19-24-23-18-5-8-25(9-10-26(18)19)14-17-6-11-28-15-17/h1-2,6-7,11-12,15H,3-5,8-10,13-14H2,(H,22,27). The Labute approximate surface area is 168 Å². The van der Waals surface area contributed by atoms with Crippen LogP contribution < -0.4 is 5.32 Å². The smallest absolute Gasteiger partial charge is 0.220 e. The molecular weight excluding hydrogens is 372 g/mol. The third-order valence-electron chi connectivity index (χ3n) is 4.99. The zero-order valence-electron chi connectivity index (χ0n) is 15.8. The molecule has 4 rings (SSSR count). The molecule has 7 nitrogen and oxygen atoms in total. The van der Waals surface area contributed by atoms with Crippen LogP contribution in [0, 0.1) is 0 Å². The third kappa shape index (κ3) is 4.82. The highest BCUT2D eigenvalue weighted by Crippen LogP contribution is 2.14. The van der Waals surface area contributed by atoms with Crippen molar-refractivity contribution < 1.29 is 4.79 Å². The number of fused-ring (bicyclic) bond motifs is 1. The van der Waals surface area contributed by atoms with E-state index in [0.29, 0.717) is 19.4 Å². The summed E-state index contributed by atoms with van der Waals surface area (Å²) < 4.78 is 2.16. The van der Waals surface area contributed by atoms with Crippen molar-refractivity contribution in [3.8, 4) is 0 Å². The maximum absolute atomic E-state index is 12.2. The fourth-order valence-electron chi connectivity index (χ4n) is 3.43. The van der Waals surface area contributed by atoms with E-state index in [1.807, 2.05) is 12.1 Å². The van der Waals surface area contributed by atoms with Crippen LogP contribution in [-0.2, 0) is 37.3 Å². The van der Waals surface area contributed by atoms with Crippen LogP contribution in [0.1, 0.15) is 29.2 Å². The zero-order valence-corrected chi connectivity index (χ0v) is 16.6. The van der Waals surface area contributed by atoms with E-state index < -0.39 is 0 Å². The number of aryl methyl sites for hydroxylation is 1. The van der Waals surface area contributed by atoms with E-state index in [9.17, 15) is 4.79 Å². The Morgan fingerprint density at radius 2 is 2.14 bits per heavy atom. The molecule has 0 spiro atoms. The Morgan fingerprint density at radius 1 is 1.18 bits per heavy atom. The molecular formula is C20H24N6OS. The molecule has 28 heavy (non-hydrogen) atoms. The van der Waals surface area contributed by atoms with Gasteiger partial charge in [-0.3, -0.25) is 14.7 Å². The summed E-state index contributed by atoms with van der Waals surface area (Å²) in [7, 11) is 0. The molecule has 0 bridgehead atoms. The molecule has 3 aromatic rings. The van der Waals surface area contributed by atoms with Crippen molar-refractivity contribution in [3.63, 3.8) is 0 Å². The zero-order chi connectivity index (χ0) is 19.2. The second-order valence-corrected chi connectivity index (χ2v) is 7.76. The second kappa shape index (κ2) is 9.07. The lowest BCUT2D eigenvalue weighted by Gasteiger charge is -2.18. The van der Waals surface area contributed by atoms with Gasteiger partial charge in [0.1, 0.15) is 5.82 Å². The molecule has 8 heteroatoms. The number of carbonyl (C=O) groups is 1. The molecule has 0 fully saturated rings. The van der Waals surface area contributed by atoms with Crippen molar-refractivity contribution in [2.24, 2.45) is 0 Å². The van der Waals surface area contributed by atoms with Crippen LogP contribution in [-0.4, -0.2) is 43.6 Å². The van der Waals surface area contributed by atoms with E-state index >= 15 is 0 Å². The van der Waals surface area contributed by atoms with Crippen LogP contribution in [0.5, 0.6) is 0 Å². The van der Waals surface area contributed by atoms with E-state index in [1.54, 1.807) is 23.7 Å². The minimum Gasteiger partial charge on any atom is -0.349 e. The van der Waals surface area contributed by atoms with Crippen LogP contribution in [0.2, 0.25) is 0 Å². The summed E-state index contributed by atoms with van der Waals surface area (Å²) in [6.45, 7) is 4.19. The number of carbonyl (C=O) groups excluding carboxylic acids is 1. The predicted octanol–water partition coefficient (Wildman–Crippen LogP) is 2.04. The van der Waals surface area contributed by atoms with Crippen LogP contribution in [0.25, 0.3) is 0 Å². The summed E-state index contributed by atoms with van der Waals surface area (Å²) in [6.07, 6.45) is 5.55. The minimum absolute atomic E-state index is 0.0221. The molecule has 4 heterocycles. The minimum atomic E-state index is 0.0221. The Kier molecular flexibility index (Phi) is 6.08. The number of hydrogen-bond donors (Lipinski definition) is 1. The number of nitrogens with one attached hydrogen (secondary N) is 1. The van der Waals surface area contributed by atoms with Gasteiger partial charge in [0.25, 0.3) is 0 Å². The van der Waals surface area contributed by atoms with Crippen molar-refractivity contribution in [2.45, 2.75) is 38.9 Å². The molecule has 3 aromatic heterocycles. The van der Waals surface area contributed by atoms with Gasteiger partial charge in [-0.1, -0.05) is 6.07 Å². The molecule has 0 aliphatic carbocycles. The van der Waals surface area contributed by atoms with E-state index in [4.69, 9.17) is 0 Å². The van der Waals surface area contributed by atoms with Crippen LogP contribution in [0.3, 0.4) is 0 Å². The van der Waals surface area contributed by atoms with Crippen molar-refractivity contribution >= 4 is 17.2 Å². The average molecular weight is 397 g/mol. The number of pyridine rings is 1. The van der Waals surface area contributed by atoms with Gasteiger partial charge in [0.2, 0.25) is 5.91 Å². The summed E-state index contributed by atoms with van der Waals surface area (Å²) in [5.41, 5.74) is 2.43. The van der Waals surface area contributed by atoms with Gasteiger partial charge in [-0.05, 0) is 40.4 Å². The van der Waals surface area contributed by atoms with Gasteiger partial charge in [0.05, 0.1) is 6.54 Å². The monoisotopic (exact) mass is 396 g/mol. The fraction of sp³-hybridized carbons (Fsp3) is 0.400. The first-order valence-corrected chi connectivity index (χ1v) is 10.5. The van der Waals surface area contributed by atoms with Crippen molar-refractivity contribution in [2.75, 3.05) is 13.1 Å². The van der Waals surface area contributed by atoms with Crippen molar-refractivity contribution in [3.05, 3.63) is 64.1 Å². The fourth-order valence-corrected chi connectivity index (χ4v) is 4.09. The highest BCUT2D eigenvalue weighted by molar-refractivity contribution is 7.07. The highest BCUT2D eigenvalue weighted by atomic mass is 32.1. The molecule has 1 amide bonds. The summed E-state index contributed by atoms with van der Waals surface area (Å²) in [5.74, 6) is 1.86. The van der Waals surface area contributed by atoms with E-state index in [2.05, 4.69) is 46.8 Å². The molecule has 0 aromatic carbocycles. The maximum Gasteiger partial charge on any atom is 0.220 e. The van der Waals surface area contributed by atoms with Crippen LogP contribution in [0.4, 0.5) is 0 Å². The van der Waals surface area contributed by atoms with Gasteiger partial charge in [-0.25, -0.2) is 0 Å². The average Bonchev–Trinajstić information content (AvgIpc) is 3.32. The normalized spacial score (nSPS) is 14.4. The first-order chi connectivity index (χ1) is 13.8. The molecule has 1 aliphatic rings. The highest BCUT2D eigenvalue weighted by Gasteiger charge is 2.19. The second-order valence-electron chi connectivity index (χ2n) is 6.98. The molecule has 0 saturated heterocycles. The largest absolute Gasteiger partial charge is 0.349 e. The van der Waals surface area contributed by atoms with Gasteiger partial charge in [-0.2, -0.15) is 11.3 Å². The molecule has 146 valence electrons.